The first-order valence-electron chi connectivity index (χ1n) is 6.75. The number of rotatable bonds is 2. The highest BCUT2D eigenvalue weighted by molar-refractivity contribution is 9.10. The zero-order chi connectivity index (χ0) is 18.1. The van der Waals surface area contributed by atoms with Crippen molar-refractivity contribution in [1.82, 2.24) is 24.8 Å². The molecule has 2 aromatic heterocycles. The molecule has 0 atom stereocenters. The van der Waals surface area contributed by atoms with E-state index in [0.29, 0.717) is 12.1 Å². The summed E-state index contributed by atoms with van der Waals surface area (Å²) in [6, 6.07) is 0.711. The minimum atomic E-state index is -5.08. The topological polar surface area (TPSA) is 112 Å². The minimum absolute atomic E-state index is 0.314. The van der Waals surface area contributed by atoms with Crippen LogP contribution in [0.3, 0.4) is 0 Å². The highest BCUT2D eigenvalue weighted by Gasteiger charge is 2.38. The van der Waals surface area contributed by atoms with Crippen LogP contribution in [0.25, 0.3) is 11.4 Å². The Bertz CT molecular complexity index is 723. The Morgan fingerprint density at radius 1 is 1.42 bits per heavy atom. The van der Waals surface area contributed by atoms with Crippen LogP contribution in [0.5, 0.6) is 0 Å². The number of hydrogen-bond acceptors (Lipinski definition) is 5. The van der Waals surface area contributed by atoms with Gasteiger partial charge in [0, 0.05) is 19.3 Å². The van der Waals surface area contributed by atoms with E-state index in [1.807, 2.05) is 24.1 Å². The summed E-state index contributed by atoms with van der Waals surface area (Å²) >= 11 is 3.46. The van der Waals surface area contributed by atoms with Crippen LogP contribution >= 0.6 is 15.9 Å². The third-order valence-electron chi connectivity index (χ3n) is 3.30. The van der Waals surface area contributed by atoms with Crippen molar-refractivity contribution in [2.45, 2.75) is 31.1 Å². The van der Waals surface area contributed by atoms with Gasteiger partial charge in [-0.1, -0.05) is 5.21 Å². The zero-order valence-electron chi connectivity index (χ0n) is 12.4. The Morgan fingerprint density at radius 3 is 2.42 bits per heavy atom. The van der Waals surface area contributed by atoms with Crippen LogP contribution < -0.4 is 5.73 Å². The average Bonchev–Trinajstić information content (AvgIpc) is 3.01. The van der Waals surface area contributed by atoms with E-state index in [2.05, 4.69) is 31.3 Å². The van der Waals surface area contributed by atoms with E-state index in [-0.39, 0.29) is 0 Å². The van der Waals surface area contributed by atoms with Crippen molar-refractivity contribution < 1.29 is 23.1 Å². The Kier molecular flexibility index (Phi) is 5.28. The number of carbonyl (C=O) groups is 1. The van der Waals surface area contributed by atoms with Crippen LogP contribution in [0.4, 0.5) is 13.2 Å². The van der Waals surface area contributed by atoms with Gasteiger partial charge in [-0.15, -0.1) is 5.10 Å². The molecule has 0 aliphatic heterocycles. The van der Waals surface area contributed by atoms with Crippen LogP contribution in [0.15, 0.2) is 16.9 Å². The predicted molar refractivity (Wildman–Crippen MR) is 79.9 cm³/mol. The molecule has 1 aliphatic rings. The molecule has 2 aromatic rings. The number of carboxylic acids is 1. The van der Waals surface area contributed by atoms with Crippen LogP contribution in [0.2, 0.25) is 0 Å². The van der Waals surface area contributed by atoms with Crippen LogP contribution in [-0.2, 0) is 11.8 Å². The van der Waals surface area contributed by atoms with Gasteiger partial charge in [0.15, 0.2) is 0 Å². The number of alkyl halides is 3. The summed E-state index contributed by atoms with van der Waals surface area (Å²) in [5.41, 5.74) is 7.38. The molecule has 0 spiro atoms. The quantitative estimate of drug-likeness (QED) is 0.779. The van der Waals surface area contributed by atoms with Gasteiger partial charge in [-0.2, -0.15) is 18.3 Å². The van der Waals surface area contributed by atoms with Gasteiger partial charge in [0.2, 0.25) is 0 Å². The molecule has 0 saturated heterocycles. The van der Waals surface area contributed by atoms with Gasteiger partial charge in [0.1, 0.15) is 11.4 Å². The third kappa shape index (κ3) is 4.32. The minimum Gasteiger partial charge on any atom is -0.475 e. The molecule has 0 unspecified atom stereocenters. The molecular formula is C12H14BrF3N6O2. The fraction of sp³-hybridized carbons (Fsp3) is 0.500. The second kappa shape index (κ2) is 6.89. The molecule has 0 radical (unpaired) electrons. The molecular weight excluding hydrogens is 397 g/mol. The van der Waals surface area contributed by atoms with E-state index < -0.39 is 12.1 Å². The average molecular weight is 411 g/mol. The lowest BCUT2D eigenvalue weighted by atomic mass is 9.88. The maximum absolute atomic E-state index is 10.6. The second-order valence-electron chi connectivity index (χ2n) is 5.27. The molecule has 1 fully saturated rings. The maximum atomic E-state index is 10.6. The zero-order valence-corrected chi connectivity index (χ0v) is 14.0. The van der Waals surface area contributed by atoms with Crippen LogP contribution in [-0.4, -0.2) is 48.1 Å². The standard InChI is InChI=1S/C10H13BrN6.C2HF3O2/c1-16-4-8(11)10(14-16)9-5-17(15-13-9)7-2-6(12)3-7;3-2(4,5)1(6)7/h4-7H,2-3,12H2,1H3;(H,6,7). The van der Waals surface area contributed by atoms with Crippen molar-refractivity contribution in [2.24, 2.45) is 12.8 Å². The van der Waals surface area contributed by atoms with Gasteiger partial charge in [0.05, 0.1) is 16.7 Å². The molecule has 8 nitrogen and oxygen atoms in total. The summed E-state index contributed by atoms with van der Waals surface area (Å²) in [6.45, 7) is 0. The first kappa shape index (κ1) is 18.4. The summed E-state index contributed by atoms with van der Waals surface area (Å²) in [7, 11) is 1.88. The van der Waals surface area contributed by atoms with Crippen LogP contribution in [0, 0.1) is 0 Å². The summed E-state index contributed by atoms with van der Waals surface area (Å²) in [5.74, 6) is -2.76. The SMILES string of the molecule is Cn1cc(Br)c(-c2cn(C3CC(N)C3)nn2)n1.O=C(O)C(F)(F)F. The Labute approximate surface area is 142 Å². The largest absolute Gasteiger partial charge is 0.490 e. The molecule has 132 valence electrons. The number of nitrogens with two attached hydrogens (primary N) is 1. The molecule has 3 N–H and O–H groups in total. The highest BCUT2D eigenvalue weighted by atomic mass is 79.9. The van der Waals surface area contributed by atoms with E-state index in [4.69, 9.17) is 15.6 Å². The van der Waals surface area contributed by atoms with Gasteiger partial charge in [0.25, 0.3) is 0 Å². The Hall–Kier alpha value is -1.95. The van der Waals surface area contributed by atoms with Crippen molar-refractivity contribution in [2.75, 3.05) is 0 Å². The number of carboxylic acid groups (broad SMARTS) is 1. The fourth-order valence-corrected chi connectivity index (χ4v) is 2.62. The number of aromatic nitrogens is 5. The first-order valence-corrected chi connectivity index (χ1v) is 7.54. The van der Waals surface area contributed by atoms with E-state index in [0.717, 1.165) is 28.7 Å². The van der Waals surface area contributed by atoms with E-state index in [9.17, 15) is 13.2 Å². The van der Waals surface area contributed by atoms with E-state index in [1.54, 1.807) is 4.68 Å². The summed E-state index contributed by atoms with van der Waals surface area (Å²) in [6.07, 6.45) is 0.704. The van der Waals surface area contributed by atoms with Crippen molar-refractivity contribution in [3.05, 3.63) is 16.9 Å². The Balaban J connectivity index is 0.000000256. The Morgan fingerprint density at radius 2 is 2.00 bits per heavy atom. The molecule has 2 heterocycles. The lowest BCUT2D eigenvalue weighted by Gasteiger charge is -2.31. The molecule has 1 saturated carbocycles. The number of aryl methyl sites for hydroxylation is 1. The molecule has 0 amide bonds. The molecule has 1 aliphatic carbocycles. The van der Waals surface area contributed by atoms with Gasteiger partial charge in [-0.3, -0.25) is 4.68 Å². The molecule has 24 heavy (non-hydrogen) atoms. The van der Waals surface area contributed by atoms with E-state index in [1.165, 1.54) is 0 Å². The number of nitrogens with zero attached hydrogens (tertiary/aromatic N) is 5. The second-order valence-corrected chi connectivity index (χ2v) is 6.13. The summed E-state index contributed by atoms with van der Waals surface area (Å²) in [5, 5.41) is 19.8. The van der Waals surface area contributed by atoms with E-state index >= 15 is 0 Å². The molecule has 0 aromatic carbocycles. The molecule has 3 rings (SSSR count). The monoisotopic (exact) mass is 410 g/mol. The fourth-order valence-electron chi connectivity index (χ4n) is 2.04. The lowest BCUT2D eigenvalue weighted by molar-refractivity contribution is -0.192. The van der Waals surface area contributed by atoms with Crippen LogP contribution in [0.1, 0.15) is 18.9 Å². The van der Waals surface area contributed by atoms with Crippen molar-refractivity contribution in [3.8, 4) is 11.4 Å². The highest BCUT2D eigenvalue weighted by Crippen LogP contribution is 2.31. The van der Waals surface area contributed by atoms with Gasteiger partial charge < -0.3 is 10.8 Å². The van der Waals surface area contributed by atoms with Crippen molar-refractivity contribution >= 4 is 21.9 Å². The van der Waals surface area contributed by atoms with Gasteiger partial charge in [-0.25, -0.2) is 9.48 Å². The van der Waals surface area contributed by atoms with Crippen molar-refractivity contribution in [1.29, 1.82) is 0 Å². The summed E-state index contributed by atoms with van der Waals surface area (Å²) in [4.78, 5) is 8.90. The van der Waals surface area contributed by atoms with Gasteiger partial charge >= 0.3 is 12.1 Å². The molecule has 0 bridgehead atoms. The number of hydrogen-bond donors (Lipinski definition) is 2. The molecule has 12 heteroatoms. The third-order valence-corrected chi connectivity index (χ3v) is 3.88. The van der Waals surface area contributed by atoms with Crippen molar-refractivity contribution in [3.63, 3.8) is 0 Å². The first-order chi connectivity index (χ1) is 11.1. The smallest absolute Gasteiger partial charge is 0.475 e. The summed E-state index contributed by atoms with van der Waals surface area (Å²) < 4.78 is 36.3. The normalized spacial score (nSPS) is 20.1. The van der Waals surface area contributed by atoms with Gasteiger partial charge in [-0.05, 0) is 28.8 Å². The number of aliphatic carboxylic acids is 1. The lowest BCUT2D eigenvalue weighted by Crippen LogP contribution is -2.37. The number of halogens is 4. The predicted octanol–water partition coefficient (Wildman–Crippen LogP) is 1.74. The maximum Gasteiger partial charge on any atom is 0.490 e.